The number of nitrogens with zero attached hydrogens (tertiary/aromatic N) is 3. The van der Waals surface area contributed by atoms with Gasteiger partial charge in [0.25, 0.3) is 0 Å². The Balaban J connectivity index is 1.29. The van der Waals surface area contributed by atoms with Crippen LogP contribution in [0.2, 0.25) is 0 Å². The van der Waals surface area contributed by atoms with Crippen molar-refractivity contribution in [2.24, 2.45) is 0 Å². The molecule has 2 amide bonds. The molecule has 0 spiro atoms. The van der Waals surface area contributed by atoms with Crippen molar-refractivity contribution in [1.29, 1.82) is 0 Å². The average Bonchev–Trinajstić information content (AvgIpc) is 3.57. The summed E-state index contributed by atoms with van der Waals surface area (Å²) in [6, 6.07) is 11.2. The van der Waals surface area contributed by atoms with Crippen molar-refractivity contribution in [2.75, 3.05) is 12.4 Å². The number of aryl methyl sites for hydroxylation is 1. The number of hydrogen-bond donors (Lipinski definition) is 2. The highest BCUT2D eigenvalue weighted by molar-refractivity contribution is 7.17. The average molecular weight is 484 g/mol. The molecule has 33 heavy (non-hydrogen) atoms. The van der Waals surface area contributed by atoms with Gasteiger partial charge in [0.2, 0.25) is 23.5 Å². The molecule has 0 aliphatic rings. The highest BCUT2D eigenvalue weighted by Crippen LogP contribution is 2.31. The molecule has 11 heteroatoms. The highest BCUT2D eigenvalue weighted by Gasteiger charge is 2.13. The molecule has 0 saturated carbocycles. The lowest BCUT2D eigenvalue weighted by Crippen LogP contribution is -2.17. The van der Waals surface area contributed by atoms with Crippen LogP contribution in [-0.4, -0.2) is 34.0 Å². The van der Waals surface area contributed by atoms with E-state index in [1.165, 1.54) is 18.3 Å². The zero-order chi connectivity index (χ0) is 23.2. The van der Waals surface area contributed by atoms with Gasteiger partial charge in [-0.3, -0.25) is 9.59 Å². The van der Waals surface area contributed by atoms with E-state index in [-0.39, 0.29) is 18.2 Å². The van der Waals surface area contributed by atoms with Crippen LogP contribution in [0.3, 0.4) is 0 Å². The van der Waals surface area contributed by atoms with E-state index in [4.69, 9.17) is 9.26 Å². The lowest BCUT2D eigenvalue weighted by molar-refractivity contribution is -0.119. The van der Waals surface area contributed by atoms with Crippen LogP contribution in [0.5, 0.6) is 5.75 Å². The number of benzene rings is 1. The molecule has 170 valence electrons. The van der Waals surface area contributed by atoms with Gasteiger partial charge in [0, 0.05) is 35.6 Å². The van der Waals surface area contributed by atoms with E-state index < -0.39 is 0 Å². The van der Waals surface area contributed by atoms with E-state index in [2.05, 4.69) is 25.8 Å². The minimum absolute atomic E-state index is 0.0684. The topological polar surface area (TPSA) is 119 Å². The Hall–Kier alpha value is -3.57. The molecule has 3 aromatic heterocycles. The van der Waals surface area contributed by atoms with E-state index in [1.807, 2.05) is 41.8 Å². The molecule has 0 fully saturated rings. The maximum atomic E-state index is 12.3. The highest BCUT2D eigenvalue weighted by atomic mass is 32.1. The van der Waals surface area contributed by atoms with Gasteiger partial charge in [0.05, 0.1) is 24.2 Å². The second-order valence-corrected chi connectivity index (χ2v) is 9.03. The maximum absolute atomic E-state index is 12.3. The number of ether oxygens (including phenoxy) is 1. The summed E-state index contributed by atoms with van der Waals surface area (Å²) < 4.78 is 10.4. The van der Waals surface area contributed by atoms with Gasteiger partial charge in [0.15, 0.2) is 5.13 Å². The van der Waals surface area contributed by atoms with Crippen molar-refractivity contribution in [2.45, 2.75) is 26.3 Å². The van der Waals surface area contributed by atoms with Gasteiger partial charge in [0.1, 0.15) is 5.75 Å². The van der Waals surface area contributed by atoms with Gasteiger partial charge in [-0.1, -0.05) is 5.16 Å². The first-order valence-corrected chi connectivity index (χ1v) is 11.8. The maximum Gasteiger partial charge on any atom is 0.227 e. The molecule has 0 aliphatic heterocycles. The number of thiophene rings is 1. The number of anilines is 1. The first-order valence-electron chi connectivity index (χ1n) is 10.1. The number of carbonyl (C=O) groups excluding carboxylic acids is 2. The standard InChI is InChI=1S/C22H21N5O4S2/c1-13(28)23-11-16-7-8-18(33-16)17-12-32-22(24-17)25-19(29)9-10-20-26-21(27-31-20)14-3-5-15(30-2)6-4-14/h3-8,12H,9-11H2,1-2H3,(H,23,28)(H,24,25,29). The molecule has 0 bridgehead atoms. The van der Waals surface area contributed by atoms with Crippen LogP contribution in [-0.2, 0) is 22.6 Å². The van der Waals surface area contributed by atoms with Crippen molar-refractivity contribution < 1.29 is 18.8 Å². The fraction of sp³-hybridized carbons (Fsp3) is 0.227. The number of thiazole rings is 1. The summed E-state index contributed by atoms with van der Waals surface area (Å²) in [4.78, 5) is 34.3. The summed E-state index contributed by atoms with van der Waals surface area (Å²) in [7, 11) is 1.60. The van der Waals surface area contributed by atoms with Gasteiger partial charge in [-0.15, -0.1) is 22.7 Å². The summed E-state index contributed by atoms with van der Waals surface area (Å²) in [5.74, 6) is 1.35. The van der Waals surface area contributed by atoms with Gasteiger partial charge in [-0.25, -0.2) is 4.98 Å². The predicted molar refractivity (Wildman–Crippen MR) is 126 cm³/mol. The number of nitrogens with one attached hydrogen (secondary N) is 2. The third-order valence-corrected chi connectivity index (χ3v) is 6.42. The summed E-state index contributed by atoms with van der Waals surface area (Å²) in [5, 5.41) is 12.0. The smallest absolute Gasteiger partial charge is 0.227 e. The third-order valence-electron chi connectivity index (χ3n) is 4.56. The number of carbonyl (C=O) groups is 2. The van der Waals surface area contributed by atoms with Gasteiger partial charge >= 0.3 is 0 Å². The fourth-order valence-corrected chi connectivity index (χ4v) is 4.59. The largest absolute Gasteiger partial charge is 0.497 e. The zero-order valence-electron chi connectivity index (χ0n) is 18.0. The van der Waals surface area contributed by atoms with Crippen molar-refractivity contribution in [1.82, 2.24) is 20.4 Å². The molecule has 0 unspecified atom stereocenters. The van der Waals surface area contributed by atoms with E-state index in [1.54, 1.807) is 18.4 Å². The minimum Gasteiger partial charge on any atom is -0.497 e. The molecule has 9 nitrogen and oxygen atoms in total. The summed E-state index contributed by atoms with van der Waals surface area (Å²) in [6.45, 7) is 1.98. The monoisotopic (exact) mass is 483 g/mol. The van der Waals surface area contributed by atoms with Crippen molar-refractivity contribution in [3.05, 3.63) is 52.5 Å². The van der Waals surface area contributed by atoms with Gasteiger partial charge in [-0.2, -0.15) is 4.98 Å². The van der Waals surface area contributed by atoms with Gasteiger partial charge in [-0.05, 0) is 36.4 Å². The van der Waals surface area contributed by atoms with E-state index >= 15 is 0 Å². The first kappa shape index (κ1) is 22.6. The number of rotatable bonds is 9. The molecule has 0 atom stereocenters. The Kier molecular flexibility index (Phi) is 7.10. The number of hydrogen-bond acceptors (Lipinski definition) is 9. The molecular formula is C22H21N5O4S2. The van der Waals surface area contributed by atoms with E-state index in [9.17, 15) is 9.59 Å². The minimum atomic E-state index is -0.183. The van der Waals surface area contributed by atoms with Crippen LogP contribution < -0.4 is 15.4 Å². The third kappa shape index (κ3) is 6.02. The van der Waals surface area contributed by atoms with Crippen molar-refractivity contribution in [3.8, 4) is 27.7 Å². The number of aromatic nitrogens is 3. The van der Waals surface area contributed by atoms with Crippen LogP contribution in [0.1, 0.15) is 24.1 Å². The van der Waals surface area contributed by atoms with Crippen LogP contribution in [0.15, 0.2) is 46.3 Å². The van der Waals surface area contributed by atoms with Crippen LogP contribution in [0.25, 0.3) is 22.0 Å². The number of methoxy groups -OCH3 is 1. The Morgan fingerprint density at radius 2 is 1.94 bits per heavy atom. The zero-order valence-corrected chi connectivity index (χ0v) is 19.6. The summed E-state index contributed by atoms with van der Waals surface area (Å²) in [5.41, 5.74) is 1.59. The van der Waals surface area contributed by atoms with Crippen LogP contribution in [0.4, 0.5) is 5.13 Å². The predicted octanol–water partition coefficient (Wildman–Crippen LogP) is 4.14. The molecule has 1 aromatic carbocycles. The molecule has 2 N–H and O–H groups in total. The molecule has 4 rings (SSSR count). The molecule has 0 saturated heterocycles. The quantitative estimate of drug-likeness (QED) is 0.367. The normalized spacial score (nSPS) is 10.7. The first-order chi connectivity index (χ1) is 16.0. The SMILES string of the molecule is COc1ccc(-c2noc(CCC(=O)Nc3nc(-c4ccc(CNC(C)=O)s4)cs3)n2)cc1. The molecule has 0 radical (unpaired) electrons. The lowest BCUT2D eigenvalue weighted by atomic mass is 10.2. The lowest BCUT2D eigenvalue weighted by Gasteiger charge is -1.99. The number of amides is 2. The Morgan fingerprint density at radius 1 is 1.12 bits per heavy atom. The second kappa shape index (κ2) is 10.4. The van der Waals surface area contributed by atoms with Crippen LogP contribution >= 0.6 is 22.7 Å². The molecule has 4 aromatic rings. The molecule has 0 aliphatic carbocycles. The van der Waals surface area contributed by atoms with E-state index in [0.717, 1.165) is 26.8 Å². The Bertz CT molecular complexity index is 1250. The van der Waals surface area contributed by atoms with Crippen molar-refractivity contribution >= 4 is 39.6 Å². The fourth-order valence-electron chi connectivity index (χ4n) is 2.88. The van der Waals surface area contributed by atoms with E-state index in [0.29, 0.717) is 29.8 Å². The van der Waals surface area contributed by atoms with Crippen LogP contribution in [0, 0.1) is 0 Å². The molecular weight excluding hydrogens is 462 g/mol. The van der Waals surface area contributed by atoms with Gasteiger partial charge < -0.3 is 19.9 Å². The Labute approximate surface area is 197 Å². The summed E-state index contributed by atoms with van der Waals surface area (Å²) in [6.07, 6.45) is 0.518. The van der Waals surface area contributed by atoms with Crippen molar-refractivity contribution in [3.63, 3.8) is 0 Å². The Morgan fingerprint density at radius 3 is 2.70 bits per heavy atom. The second-order valence-electron chi connectivity index (χ2n) is 7.00. The summed E-state index contributed by atoms with van der Waals surface area (Å²) >= 11 is 2.91. The molecule has 3 heterocycles.